The molecule has 1 atom stereocenters. The summed E-state index contributed by atoms with van der Waals surface area (Å²) in [4.78, 5) is 28.8. The number of halogens is 1. The zero-order chi connectivity index (χ0) is 24.7. The van der Waals surface area contributed by atoms with E-state index in [-0.39, 0.29) is 28.8 Å². The van der Waals surface area contributed by atoms with Crippen LogP contribution in [0.1, 0.15) is 45.8 Å². The Morgan fingerprint density at radius 3 is 2.49 bits per heavy atom. The van der Waals surface area contributed by atoms with Crippen LogP contribution in [0.5, 0.6) is 11.5 Å². The quantitative estimate of drug-likeness (QED) is 0.375. The number of hydrogen-bond donors (Lipinski definition) is 0. The summed E-state index contributed by atoms with van der Waals surface area (Å²) in [5, 5.41) is 0.0941. The van der Waals surface area contributed by atoms with Gasteiger partial charge in [-0.1, -0.05) is 35.9 Å². The van der Waals surface area contributed by atoms with E-state index in [2.05, 4.69) is 0 Å². The van der Waals surface area contributed by atoms with Gasteiger partial charge in [0.25, 0.3) is 5.91 Å². The van der Waals surface area contributed by atoms with Crippen molar-refractivity contribution in [3.8, 4) is 11.5 Å². The van der Waals surface area contributed by atoms with Crippen LogP contribution in [0, 0.1) is 12.7 Å². The Morgan fingerprint density at radius 2 is 1.77 bits per heavy atom. The highest BCUT2D eigenvalue weighted by Crippen LogP contribution is 2.41. The molecule has 0 spiro atoms. The fourth-order valence-electron chi connectivity index (χ4n) is 4.52. The fraction of sp³-hybridized carbons (Fsp3) is 0.214. The lowest BCUT2D eigenvalue weighted by atomic mass is 9.97. The van der Waals surface area contributed by atoms with Crippen molar-refractivity contribution in [2.45, 2.75) is 26.4 Å². The molecule has 0 saturated heterocycles. The van der Waals surface area contributed by atoms with Gasteiger partial charge in [-0.25, -0.2) is 4.39 Å². The predicted octanol–water partition coefficient (Wildman–Crippen LogP) is 5.39. The number of carbonyl (C=O) groups is 1. The van der Waals surface area contributed by atoms with E-state index >= 15 is 0 Å². The molecule has 6 nitrogen and oxygen atoms in total. The molecule has 0 fully saturated rings. The van der Waals surface area contributed by atoms with Crippen molar-refractivity contribution in [2.24, 2.45) is 0 Å². The van der Waals surface area contributed by atoms with Crippen molar-refractivity contribution in [1.82, 2.24) is 4.90 Å². The first-order valence-corrected chi connectivity index (χ1v) is 11.3. The van der Waals surface area contributed by atoms with E-state index in [1.54, 1.807) is 23.1 Å². The molecule has 1 aliphatic rings. The van der Waals surface area contributed by atoms with Crippen molar-refractivity contribution < 1.29 is 23.1 Å². The summed E-state index contributed by atoms with van der Waals surface area (Å²) in [6.45, 7) is 4.58. The third-order valence-corrected chi connectivity index (χ3v) is 6.20. The van der Waals surface area contributed by atoms with Gasteiger partial charge in [-0.15, -0.1) is 0 Å². The number of methoxy groups -OCH3 is 1. The van der Waals surface area contributed by atoms with Gasteiger partial charge in [0.15, 0.2) is 16.9 Å². The van der Waals surface area contributed by atoms with Gasteiger partial charge in [-0.05, 0) is 55.3 Å². The lowest BCUT2D eigenvalue weighted by Gasteiger charge is -2.26. The maximum absolute atomic E-state index is 14.0. The molecule has 0 bridgehead atoms. The molecule has 2 heterocycles. The van der Waals surface area contributed by atoms with E-state index < -0.39 is 23.2 Å². The Balaban J connectivity index is 1.71. The second kappa shape index (κ2) is 8.91. The highest BCUT2D eigenvalue weighted by molar-refractivity contribution is 5.99. The molecule has 1 amide bonds. The van der Waals surface area contributed by atoms with Gasteiger partial charge < -0.3 is 18.8 Å². The Kier molecular flexibility index (Phi) is 5.76. The average Bonchev–Trinajstić information content (AvgIpc) is 3.13. The number of nitrogens with zero attached hydrogens (tertiary/aromatic N) is 1. The molecule has 5 rings (SSSR count). The average molecular weight is 474 g/mol. The van der Waals surface area contributed by atoms with Gasteiger partial charge in [0, 0.05) is 6.54 Å². The van der Waals surface area contributed by atoms with Crippen LogP contribution in [0.25, 0.3) is 11.0 Å². The van der Waals surface area contributed by atoms with Gasteiger partial charge in [-0.2, -0.15) is 0 Å². The van der Waals surface area contributed by atoms with Gasteiger partial charge >= 0.3 is 0 Å². The third-order valence-electron chi connectivity index (χ3n) is 6.20. The van der Waals surface area contributed by atoms with E-state index in [0.717, 1.165) is 17.2 Å². The Labute approximate surface area is 201 Å². The molecule has 3 aromatic carbocycles. The number of amides is 1. The van der Waals surface area contributed by atoms with E-state index in [1.807, 2.05) is 38.1 Å². The zero-order valence-corrected chi connectivity index (χ0v) is 19.6. The number of carbonyl (C=O) groups excluding carboxylic acids is 1. The minimum absolute atomic E-state index is 0.0286. The summed E-state index contributed by atoms with van der Waals surface area (Å²) < 4.78 is 31.0. The van der Waals surface area contributed by atoms with Crippen molar-refractivity contribution in [3.05, 3.63) is 105 Å². The molecule has 0 N–H and O–H groups in total. The number of ether oxygens (including phenoxy) is 2. The molecule has 1 unspecified atom stereocenters. The zero-order valence-electron chi connectivity index (χ0n) is 19.6. The molecule has 178 valence electrons. The maximum atomic E-state index is 14.0. The number of benzene rings is 3. The van der Waals surface area contributed by atoms with Gasteiger partial charge in [0.2, 0.25) is 5.76 Å². The van der Waals surface area contributed by atoms with Gasteiger partial charge in [0.1, 0.15) is 11.4 Å². The van der Waals surface area contributed by atoms with E-state index in [0.29, 0.717) is 23.7 Å². The van der Waals surface area contributed by atoms with Gasteiger partial charge in [-0.3, -0.25) is 9.59 Å². The predicted molar refractivity (Wildman–Crippen MR) is 130 cm³/mol. The van der Waals surface area contributed by atoms with Crippen LogP contribution in [0.15, 0.2) is 69.9 Å². The molecule has 1 aromatic heterocycles. The molecular formula is C28H24FNO5. The number of aryl methyl sites for hydroxylation is 1. The SMILES string of the molecule is CCOc1ccc(C2c3c(oc4ccc(F)cc4c3=O)C(=O)N2Cc2ccc(C)cc2)cc1OC. The summed E-state index contributed by atoms with van der Waals surface area (Å²) in [7, 11) is 1.53. The smallest absolute Gasteiger partial charge is 0.291 e. The first-order valence-electron chi connectivity index (χ1n) is 11.3. The Bertz CT molecular complexity index is 1490. The van der Waals surface area contributed by atoms with Crippen LogP contribution in [-0.2, 0) is 6.54 Å². The minimum atomic E-state index is -0.743. The number of fused-ring (bicyclic) bond motifs is 2. The van der Waals surface area contributed by atoms with Crippen LogP contribution in [0.4, 0.5) is 4.39 Å². The molecule has 35 heavy (non-hydrogen) atoms. The van der Waals surface area contributed by atoms with Crippen LogP contribution < -0.4 is 14.9 Å². The fourth-order valence-corrected chi connectivity index (χ4v) is 4.52. The molecule has 0 radical (unpaired) electrons. The summed E-state index contributed by atoms with van der Waals surface area (Å²) >= 11 is 0. The standard InChI is InChI=1S/C28H24FNO5/c1-4-34-22-11-9-18(13-23(22)33-3)25-24-26(31)20-14-19(29)10-12-21(20)35-27(24)28(32)30(25)15-17-7-5-16(2)6-8-17/h5-14,25H,4,15H2,1-3H3. The lowest BCUT2D eigenvalue weighted by Crippen LogP contribution is -2.29. The summed E-state index contributed by atoms with van der Waals surface area (Å²) in [6, 6.07) is 16.1. The van der Waals surface area contributed by atoms with Crippen LogP contribution in [0.3, 0.4) is 0 Å². The number of hydrogen-bond acceptors (Lipinski definition) is 5. The molecule has 4 aromatic rings. The van der Waals surface area contributed by atoms with Gasteiger partial charge in [0.05, 0.1) is 30.7 Å². The first kappa shape index (κ1) is 22.7. The topological polar surface area (TPSA) is 69.0 Å². The normalized spacial score (nSPS) is 14.9. The largest absolute Gasteiger partial charge is 0.493 e. The van der Waals surface area contributed by atoms with Crippen molar-refractivity contribution >= 4 is 16.9 Å². The Hall–Kier alpha value is -4.13. The van der Waals surface area contributed by atoms with E-state index in [9.17, 15) is 14.0 Å². The van der Waals surface area contributed by atoms with Crippen molar-refractivity contribution in [2.75, 3.05) is 13.7 Å². The molecule has 0 aliphatic carbocycles. The molecule has 1 aliphatic heterocycles. The maximum Gasteiger partial charge on any atom is 0.291 e. The molecular weight excluding hydrogens is 449 g/mol. The molecule has 7 heteroatoms. The van der Waals surface area contributed by atoms with Crippen molar-refractivity contribution in [3.63, 3.8) is 0 Å². The second-order valence-corrected chi connectivity index (χ2v) is 8.48. The van der Waals surface area contributed by atoms with E-state index in [4.69, 9.17) is 13.9 Å². The monoisotopic (exact) mass is 473 g/mol. The Morgan fingerprint density at radius 1 is 1.00 bits per heavy atom. The summed E-state index contributed by atoms with van der Waals surface area (Å²) in [5.74, 6) is 0.0587. The summed E-state index contributed by atoms with van der Waals surface area (Å²) in [5.41, 5.74) is 2.59. The highest BCUT2D eigenvalue weighted by Gasteiger charge is 2.43. The van der Waals surface area contributed by atoms with Crippen LogP contribution in [-0.4, -0.2) is 24.5 Å². The molecule has 0 saturated carbocycles. The highest BCUT2D eigenvalue weighted by atomic mass is 19.1. The second-order valence-electron chi connectivity index (χ2n) is 8.48. The van der Waals surface area contributed by atoms with Crippen LogP contribution in [0.2, 0.25) is 0 Å². The van der Waals surface area contributed by atoms with Crippen molar-refractivity contribution in [1.29, 1.82) is 0 Å². The van der Waals surface area contributed by atoms with Crippen LogP contribution >= 0.6 is 0 Å². The van der Waals surface area contributed by atoms with E-state index in [1.165, 1.54) is 19.2 Å². The first-order chi connectivity index (χ1) is 16.9. The summed E-state index contributed by atoms with van der Waals surface area (Å²) in [6.07, 6.45) is 0. The number of rotatable bonds is 6. The minimum Gasteiger partial charge on any atom is -0.493 e. The lowest BCUT2D eigenvalue weighted by molar-refractivity contribution is 0.0714. The third kappa shape index (κ3) is 3.93.